The van der Waals surface area contributed by atoms with Gasteiger partial charge in [-0.1, -0.05) is 41.4 Å². The lowest BCUT2D eigenvalue weighted by Crippen LogP contribution is -2.24. The first-order valence-corrected chi connectivity index (χ1v) is 7.32. The Morgan fingerprint density at radius 1 is 1.17 bits per heavy atom. The normalized spacial score (nSPS) is 17.5. The third-order valence-corrected chi connectivity index (χ3v) is 4.00. The van der Waals surface area contributed by atoms with Gasteiger partial charge < -0.3 is 4.42 Å². The lowest BCUT2D eigenvalue weighted by Gasteiger charge is -2.28. The number of hydrogen-bond acceptors (Lipinski definition) is 2. The van der Waals surface area contributed by atoms with Crippen LogP contribution in [0.4, 0.5) is 0 Å². The fourth-order valence-electron chi connectivity index (χ4n) is 2.52. The molecule has 3 rings (SSSR count). The predicted octanol–water partition coefficient (Wildman–Crippen LogP) is 4.43. The fraction of sp³-hybridized carbons (Fsp3) is 0.467. The van der Waals surface area contributed by atoms with E-state index in [1.165, 1.54) is 23.8 Å². The van der Waals surface area contributed by atoms with E-state index in [-0.39, 0.29) is 0 Å². The van der Waals surface area contributed by atoms with Crippen molar-refractivity contribution < 1.29 is 4.42 Å². The summed E-state index contributed by atoms with van der Waals surface area (Å²) >= 11 is 0. The van der Waals surface area contributed by atoms with Crippen molar-refractivity contribution >= 4 is 20.4 Å². The average molecular weight is 263 g/mol. The third-order valence-electron chi connectivity index (χ3n) is 3.48. The molecule has 2 heterocycles. The molecule has 0 amide bonds. The van der Waals surface area contributed by atoms with Gasteiger partial charge in [0, 0.05) is 24.0 Å². The number of piperidine rings is 1. The average Bonchev–Trinajstić information content (AvgIpc) is 2.86. The Labute approximate surface area is 112 Å². The molecule has 1 atom stereocenters. The smallest absolute Gasteiger partial charge is 0.134 e. The largest absolute Gasteiger partial charge is 0.464 e. The minimum absolute atomic E-state index is 0.667. The van der Waals surface area contributed by atoms with E-state index in [1.807, 2.05) is 32.2 Å². The van der Waals surface area contributed by atoms with Crippen molar-refractivity contribution in [3.8, 4) is 0 Å². The summed E-state index contributed by atoms with van der Waals surface area (Å²) in [4.78, 5) is 0. The van der Waals surface area contributed by atoms with Crippen LogP contribution in [-0.4, -0.2) is 17.8 Å². The van der Waals surface area contributed by atoms with Crippen molar-refractivity contribution in [2.45, 2.75) is 32.6 Å². The van der Waals surface area contributed by atoms with Crippen LogP contribution < -0.4 is 0 Å². The summed E-state index contributed by atoms with van der Waals surface area (Å²) in [6.07, 6.45) is 4.41. The summed E-state index contributed by atoms with van der Waals surface area (Å²) in [7, 11) is 2.79. The maximum Gasteiger partial charge on any atom is 0.134 e. The maximum atomic E-state index is 5.61. The second kappa shape index (κ2) is 6.36. The molecule has 3 heteroatoms. The van der Waals surface area contributed by atoms with E-state index in [9.17, 15) is 0 Å². The first-order valence-electron chi connectivity index (χ1n) is 6.80. The molecule has 0 radical (unpaired) electrons. The summed E-state index contributed by atoms with van der Waals surface area (Å²) in [6.45, 7) is 6.32. The molecular formula is C15H22NOP. The molecule has 1 saturated heterocycles. The van der Waals surface area contributed by atoms with Crippen LogP contribution >= 0.6 is 9.39 Å². The van der Waals surface area contributed by atoms with Crippen molar-refractivity contribution in [1.82, 2.24) is 4.67 Å². The summed E-state index contributed by atoms with van der Waals surface area (Å²) in [5.41, 5.74) is 2.42. The monoisotopic (exact) mass is 263 g/mol. The van der Waals surface area contributed by atoms with Gasteiger partial charge in [0.15, 0.2) is 0 Å². The van der Waals surface area contributed by atoms with E-state index < -0.39 is 0 Å². The van der Waals surface area contributed by atoms with Gasteiger partial charge in [-0.3, -0.25) is 4.67 Å². The van der Waals surface area contributed by atoms with Gasteiger partial charge in [-0.2, -0.15) is 0 Å². The first kappa shape index (κ1) is 13.6. The van der Waals surface area contributed by atoms with Crippen LogP contribution in [0, 0.1) is 0 Å². The quantitative estimate of drug-likeness (QED) is 0.708. The van der Waals surface area contributed by atoms with Gasteiger partial charge in [0.25, 0.3) is 0 Å². The molecule has 1 aliphatic heterocycles. The topological polar surface area (TPSA) is 16.4 Å². The fourth-order valence-corrected chi connectivity index (χ4v) is 2.82. The van der Waals surface area contributed by atoms with E-state index in [4.69, 9.17) is 4.42 Å². The molecule has 0 aliphatic carbocycles. The highest BCUT2D eigenvalue weighted by Gasteiger charge is 2.21. The van der Waals surface area contributed by atoms with Gasteiger partial charge in [-0.15, -0.1) is 0 Å². The van der Waals surface area contributed by atoms with Gasteiger partial charge in [0.1, 0.15) is 5.58 Å². The minimum Gasteiger partial charge on any atom is -0.464 e. The van der Waals surface area contributed by atoms with Crippen molar-refractivity contribution in [3.05, 3.63) is 36.1 Å². The van der Waals surface area contributed by atoms with E-state index >= 15 is 0 Å². The Balaban J connectivity index is 0.000000574. The Kier molecular flexibility index (Phi) is 4.79. The van der Waals surface area contributed by atoms with Gasteiger partial charge in [0.2, 0.25) is 0 Å². The SMILES string of the molecule is CC.PN1CCC(c2coc3ccccc23)CC1. The molecule has 98 valence electrons. The molecular weight excluding hydrogens is 241 g/mol. The molecule has 1 unspecified atom stereocenters. The van der Waals surface area contributed by atoms with Gasteiger partial charge >= 0.3 is 0 Å². The number of hydrogen-bond donors (Lipinski definition) is 0. The number of furan rings is 1. The third kappa shape index (κ3) is 2.76. The summed E-state index contributed by atoms with van der Waals surface area (Å²) in [5.74, 6) is 0.667. The van der Waals surface area contributed by atoms with E-state index in [2.05, 4.69) is 26.2 Å². The van der Waals surface area contributed by atoms with Crippen molar-refractivity contribution in [3.63, 3.8) is 0 Å². The molecule has 1 fully saturated rings. The predicted molar refractivity (Wildman–Crippen MR) is 80.8 cm³/mol. The second-order valence-corrected chi connectivity index (χ2v) is 5.23. The van der Waals surface area contributed by atoms with Crippen molar-refractivity contribution in [1.29, 1.82) is 0 Å². The lowest BCUT2D eigenvalue weighted by molar-refractivity contribution is 0.345. The molecule has 1 aromatic heterocycles. The number of nitrogens with zero attached hydrogens (tertiary/aromatic N) is 1. The summed E-state index contributed by atoms with van der Waals surface area (Å²) in [6, 6.07) is 8.33. The molecule has 2 aromatic rings. The Morgan fingerprint density at radius 2 is 1.83 bits per heavy atom. The highest BCUT2D eigenvalue weighted by molar-refractivity contribution is 7.13. The number of benzene rings is 1. The number of para-hydroxylation sites is 1. The molecule has 0 saturated carbocycles. The molecule has 1 aliphatic rings. The zero-order chi connectivity index (χ0) is 13.0. The second-order valence-electron chi connectivity index (χ2n) is 4.50. The lowest BCUT2D eigenvalue weighted by atomic mass is 9.90. The van der Waals surface area contributed by atoms with Gasteiger partial charge in [-0.25, -0.2) is 0 Å². The first-order chi connectivity index (χ1) is 8.84. The molecule has 0 N–H and O–H groups in total. The Bertz CT molecular complexity index is 486. The van der Waals surface area contributed by atoms with Crippen LogP contribution in [0.3, 0.4) is 0 Å². The van der Waals surface area contributed by atoms with E-state index in [1.54, 1.807) is 0 Å². The number of rotatable bonds is 1. The maximum absolute atomic E-state index is 5.61. The summed E-state index contributed by atoms with van der Waals surface area (Å²) < 4.78 is 7.93. The molecule has 2 nitrogen and oxygen atoms in total. The van der Waals surface area contributed by atoms with Crippen LogP contribution in [-0.2, 0) is 0 Å². The molecule has 0 spiro atoms. The highest BCUT2D eigenvalue weighted by atomic mass is 31.0. The Hall–Kier alpha value is -0.850. The van der Waals surface area contributed by atoms with E-state index in [0.717, 1.165) is 18.7 Å². The molecule has 18 heavy (non-hydrogen) atoms. The van der Waals surface area contributed by atoms with Crippen molar-refractivity contribution in [2.24, 2.45) is 0 Å². The summed E-state index contributed by atoms with van der Waals surface area (Å²) in [5, 5.41) is 1.30. The highest BCUT2D eigenvalue weighted by Crippen LogP contribution is 2.34. The molecule has 0 bridgehead atoms. The zero-order valence-electron chi connectivity index (χ0n) is 11.2. The van der Waals surface area contributed by atoms with Crippen molar-refractivity contribution in [2.75, 3.05) is 13.1 Å². The van der Waals surface area contributed by atoms with Crippen LogP contribution in [0.25, 0.3) is 11.0 Å². The van der Waals surface area contributed by atoms with Crippen LogP contribution in [0.15, 0.2) is 34.9 Å². The van der Waals surface area contributed by atoms with Gasteiger partial charge in [0.05, 0.1) is 6.26 Å². The minimum atomic E-state index is 0.667. The van der Waals surface area contributed by atoms with E-state index in [0.29, 0.717) is 5.92 Å². The van der Waals surface area contributed by atoms with Gasteiger partial charge in [-0.05, 0) is 24.8 Å². The van der Waals surface area contributed by atoms with Crippen LogP contribution in [0.5, 0.6) is 0 Å². The number of fused-ring (bicyclic) bond motifs is 1. The van der Waals surface area contributed by atoms with Crippen LogP contribution in [0.1, 0.15) is 38.2 Å². The van der Waals surface area contributed by atoms with Crippen LogP contribution in [0.2, 0.25) is 0 Å². The molecule has 1 aromatic carbocycles. The standard InChI is InChI=1S/C13H16NOP.C2H6/c16-14-7-5-10(6-8-14)12-9-15-13-4-2-1-3-11(12)13;1-2/h1-4,9-10H,5-8,16H2;1-2H3. The Morgan fingerprint density at radius 3 is 2.56 bits per heavy atom. The zero-order valence-corrected chi connectivity index (χ0v) is 12.4.